The van der Waals surface area contributed by atoms with Gasteiger partial charge in [0.1, 0.15) is 0 Å². The van der Waals surface area contributed by atoms with Crippen LogP contribution in [0.2, 0.25) is 0 Å². The average molecular weight is 318 g/mol. The summed E-state index contributed by atoms with van der Waals surface area (Å²) >= 11 is 0. The van der Waals surface area contributed by atoms with Crippen LogP contribution in [0, 0.1) is 5.92 Å². The minimum atomic E-state index is -0.491. The van der Waals surface area contributed by atoms with Crippen molar-refractivity contribution in [3.63, 3.8) is 0 Å². The number of piperidine rings is 1. The molecule has 2 atom stereocenters. The first-order chi connectivity index (χ1) is 11.1. The van der Waals surface area contributed by atoms with Gasteiger partial charge in [0.15, 0.2) is 0 Å². The van der Waals surface area contributed by atoms with Gasteiger partial charge in [0.05, 0.1) is 12.0 Å². The fourth-order valence-electron chi connectivity index (χ4n) is 2.94. The van der Waals surface area contributed by atoms with Gasteiger partial charge in [0.2, 0.25) is 5.91 Å². The molecule has 2 unspecified atom stereocenters. The monoisotopic (exact) mass is 318 g/mol. The third-order valence-corrected chi connectivity index (χ3v) is 4.23. The normalized spacial score (nSPS) is 19.2. The lowest BCUT2D eigenvalue weighted by Crippen LogP contribution is -2.46. The predicted octanol–water partition coefficient (Wildman–Crippen LogP) is 1.82. The maximum Gasteiger partial charge on any atom is 0.253 e. The lowest BCUT2D eigenvalue weighted by molar-refractivity contribution is -0.126. The Morgan fingerprint density at radius 1 is 1.35 bits per heavy atom. The summed E-state index contributed by atoms with van der Waals surface area (Å²) in [5.41, 5.74) is 0.659. The first-order valence-corrected chi connectivity index (χ1v) is 8.42. The number of amides is 2. The molecule has 0 radical (unpaired) electrons. The van der Waals surface area contributed by atoms with Gasteiger partial charge >= 0.3 is 0 Å². The first kappa shape index (κ1) is 17.5. The minimum Gasteiger partial charge on any atom is -0.391 e. The van der Waals surface area contributed by atoms with E-state index in [1.165, 1.54) is 0 Å². The number of nitrogens with one attached hydrogen (secondary N) is 1. The molecule has 1 aromatic carbocycles. The van der Waals surface area contributed by atoms with Crippen molar-refractivity contribution >= 4 is 11.8 Å². The minimum absolute atomic E-state index is 0.0193. The number of likely N-dealkylation sites (tertiary alicyclic amines) is 1. The molecule has 1 fully saturated rings. The Labute approximate surface area is 137 Å². The molecule has 2 amide bonds. The van der Waals surface area contributed by atoms with Gasteiger partial charge in [-0.1, -0.05) is 31.5 Å². The van der Waals surface area contributed by atoms with Gasteiger partial charge in [-0.2, -0.15) is 0 Å². The number of carbonyl (C=O) groups excluding carboxylic acids is 2. The van der Waals surface area contributed by atoms with Crippen LogP contribution in [0.4, 0.5) is 0 Å². The molecular weight excluding hydrogens is 292 g/mol. The molecule has 5 nitrogen and oxygen atoms in total. The van der Waals surface area contributed by atoms with E-state index in [1.54, 1.807) is 17.0 Å². The summed E-state index contributed by atoms with van der Waals surface area (Å²) in [5, 5.41) is 12.5. The topological polar surface area (TPSA) is 69.6 Å². The van der Waals surface area contributed by atoms with Gasteiger partial charge in [-0.15, -0.1) is 0 Å². The number of rotatable bonds is 6. The van der Waals surface area contributed by atoms with Crippen molar-refractivity contribution in [2.45, 2.75) is 38.7 Å². The van der Waals surface area contributed by atoms with Gasteiger partial charge in [0.25, 0.3) is 5.91 Å². The lowest BCUT2D eigenvalue weighted by atomic mass is 9.96. The fraction of sp³-hybridized carbons (Fsp3) is 0.556. The van der Waals surface area contributed by atoms with Crippen LogP contribution in [0.3, 0.4) is 0 Å². The van der Waals surface area contributed by atoms with Crippen LogP contribution in [0.15, 0.2) is 30.3 Å². The third-order valence-electron chi connectivity index (χ3n) is 4.23. The molecule has 126 valence electrons. The predicted molar refractivity (Wildman–Crippen MR) is 89.0 cm³/mol. The van der Waals surface area contributed by atoms with E-state index in [9.17, 15) is 14.7 Å². The van der Waals surface area contributed by atoms with E-state index in [0.29, 0.717) is 25.1 Å². The number of aliphatic hydroxyl groups excluding tert-OH is 1. The maximum atomic E-state index is 12.5. The fourth-order valence-corrected chi connectivity index (χ4v) is 2.94. The van der Waals surface area contributed by atoms with E-state index in [2.05, 4.69) is 5.32 Å². The molecule has 1 aliphatic rings. The van der Waals surface area contributed by atoms with Gasteiger partial charge in [-0.05, 0) is 31.4 Å². The SMILES string of the molecule is CCCC(O)CNC(=O)C1CCCN(C(=O)c2ccccc2)C1. The van der Waals surface area contributed by atoms with Crippen LogP contribution >= 0.6 is 0 Å². The first-order valence-electron chi connectivity index (χ1n) is 8.42. The maximum absolute atomic E-state index is 12.5. The van der Waals surface area contributed by atoms with Crippen molar-refractivity contribution < 1.29 is 14.7 Å². The molecule has 0 aromatic heterocycles. The zero-order chi connectivity index (χ0) is 16.7. The van der Waals surface area contributed by atoms with Crippen molar-refractivity contribution in [3.05, 3.63) is 35.9 Å². The molecule has 2 N–H and O–H groups in total. The smallest absolute Gasteiger partial charge is 0.253 e. The zero-order valence-corrected chi connectivity index (χ0v) is 13.7. The van der Waals surface area contributed by atoms with Gasteiger partial charge in [-0.3, -0.25) is 9.59 Å². The summed E-state index contributed by atoms with van der Waals surface area (Å²) in [5.74, 6) is -0.273. The van der Waals surface area contributed by atoms with E-state index >= 15 is 0 Å². The molecule has 1 aliphatic heterocycles. The third kappa shape index (κ3) is 5.06. The van der Waals surface area contributed by atoms with Gasteiger partial charge in [-0.25, -0.2) is 0 Å². The molecule has 2 rings (SSSR count). The Bertz CT molecular complexity index is 518. The van der Waals surface area contributed by atoms with Crippen LogP contribution < -0.4 is 5.32 Å². The summed E-state index contributed by atoms with van der Waals surface area (Å²) in [7, 11) is 0. The Morgan fingerprint density at radius 2 is 2.09 bits per heavy atom. The van der Waals surface area contributed by atoms with Crippen molar-refractivity contribution in [2.24, 2.45) is 5.92 Å². The van der Waals surface area contributed by atoms with E-state index in [0.717, 1.165) is 19.3 Å². The van der Waals surface area contributed by atoms with Crippen LogP contribution in [0.1, 0.15) is 43.0 Å². The number of hydrogen-bond acceptors (Lipinski definition) is 3. The van der Waals surface area contributed by atoms with Crippen LogP contribution in [0.5, 0.6) is 0 Å². The van der Waals surface area contributed by atoms with Gasteiger partial charge < -0.3 is 15.3 Å². The molecule has 23 heavy (non-hydrogen) atoms. The molecule has 1 heterocycles. The quantitative estimate of drug-likeness (QED) is 0.840. The average Bonchev–Trinajstić information content (AvgIpc) is 2.60. The molecule has 1 saturated heterocycles. The number of hydrogen-bond donors (Lipinski definition) is 2. The lowest BCUT2D eigenvalue weighted by Gasteiger charge is -2.32. The zero-order valence-electron chi connectivity index (χ0n) is 13.7. The summed E-state index contributed by atoms with van der Waals surface area (Å²) < 4.78 is 0. The van der Waals surface area contributed by atoms with E-state index < -0.39 is 6.10 Å². The second-order valence-corrected chi connectivity index (χ2v) is 6.14. The standard InChI is InChI=1S/C18H26N2O3/c1-2-7-16(21)12-19-17(22)15-10-6-11-20(13-15)18(23)14-8-4-3-5-9-14/h3-5,8-9,15-16,21H,2,6-7,10-13H2,1H3,(H,19,22). The van der Waals surface area contributed by atoms with Crippen molar-refractivity contribution in [1.82, 2.24) is 10.2 Å². The van der Waals surface area contributed by atoms with Gasteiger partial charge in [0, 0.05) is 25.2 Å². The highest BCUT2D eigenvalue weighted by atomic mass is 16.3. The Balaban J connectivity index is 1.87. The molecule has 0 aliphatic carbocycles. The molecular formula is C18H26N2O3. The largest absolute Gasteiger partial charge is 0.391 e. The summed E-state index contributed by atoms with van der Waals surface area (Å²) in [4.78, 5) is 26.5. The van der Waals surface area contributed by atoms with E-state index in [-0.39, 0.29) is 24.3 Å². The van der Waals surface area contributed by atoms with Crippen LogP contribution in [-0.4, -0.2) is 47.6 Å². The van der Waals surface area contributed by atoms with Crippen LogP contribution in [-0.2, 0) is 4.79 Å². The summed E-state index contributed by atoms with van der Waals surface area (Å²) in [6.45, 7) is 3.43. The second kappa shape index (κ2) is 8.67. The number of aliphatic hydroxyl groups is 1. The molecule has 0 bridgehead atoms. The Kier molecular flexibility index (Phi) is 6.59. The Morgan fingerprint density at radius 3 is 2.78 bits per heavy atom. The number of nitrogens with zero attached hydrogens (tertiary/aromatic N) is 1. The summed E-state index contributed by atoms with van der Waals surface area (Å²) in [6.07, 6.45) is 2.70. The highest BCUT2D eigenvalue weighted by molar-refractivity contribution is 5.94. The highest BCUT2D eigenvalue weighted by Gasteiger charge is 2.28. The van der Waals surface area contributed by atoms with E-state index in [1.807, 2.05) is 25.1 Å². The highest BCUT2D eigenvalue weighted by Crippen LogP contribution is 2.19. The number of carbonyl (C=O) groups is 2. The Hall–Kier alpha value is -1.88. The number of benzene rings is 1. The van der Waals surface area contributed by atoms with Crippen molar-refractivity contribution in [2.75, 3.05) is 19.6 Å². The second-order valence-electron chi connectivity index (χ2n) is 6.14. The molecule has 5 heteroatoms. The van der Waals surface area contributed by atoms with Crippen LogP contribution in [0.25, 0.3) is 0 Å². The molecule has 0 spiro atoms. The summed E-state index contributed by atoms with van der Waals surface area (Å²) in [6, 6.07) is 9.16. The molecule has 0 saturated carbocycles. The molecule has 1 aromatic rings. The van der Waals surface area contributed by atoms with Crippen molar-refractivity contribution in [1.29, 1.82) is 0 Å². The van der Waals surface area contributed by atoms with Crippen molar-refractivity contribution in [3.8, 4) is 0 Å². The van der Waals surface area contributed by atoms with E-state index in [4.69, 9.17) is 0 Å².